The van der Waals surface area contributed by atoms with Gasteiger partial charge in [-0.1, -0.05) is 0 Å². The SMILES string of the molecule is O=C(Nc1cnn(CC2CCCCO2)c1)c1ccc(-n2cccc2)cc1. The quantitative estimate of drug-likeness (QED) is 0.766. The smallest absolute Gasteiger partial charge is 0.255 e. The molecule has 6 nitrogen and oxygen atoms in total. The van der Waals surface area contributed by atoms with Crippen LogP contribution in [0.4, 0.5) is 5.69 Å². The van der Waals surface area contributed by atoms with E-state index in [4.69, 9.17) is 4.74 Å². The molecular weight excluding hydrogens is 328 g/mol. The van der Waals surface area contributed by atoms with Crippen molar-refractivity contribution in [1.29, 1.82) is 0 Å². The highest BCUT2D eigenvalue weighted by atomic mass is 16.5. The fraction of sp³-hybridized carbons (Fsp3) is 0.300. The highest BCUT2D eigenvalue weighted by Gasteiger charge is 2.15. The summed E-state index contributed by atoms with van der Waals surface area (Å²) in [6.45, 7) is 1.55. The monoisotopic (exact) mass is 350 g/mol. The van der Waals surface area contributed by atoms with E-state index in [0.717, 1.165) is 31.7 Å². The van der Waals surface area contributed by atoms with Gasteiger partial charge in [-0.2, -0.15) is 5.10 Å². The maximum Gasteiger partial charge on any atom is 0.255 e. The molecule has 3 aromatic rings. The molecule has 1 aromatic carbocycles. The molecule has 2 aromatic heterocycles. The van der Waals surface area contributed by atoms with Gasteiger partial charge in [0, 0.05) is 36.4 Å². The first-order chi connectivity index (χ1) is 12.8. The molecule has 0 bridgehead atoms. The highest BCUT2D eigenvalue weighted by Crippen LogP contribution is 2.16. The maximum atomic E-state index is 12.4. The number of amides is 1. The fourth-order valence-electron chi connectivity index (χ4n) is 3.18. The summed E-state index contributed by atoms with van der Waals surface area (Å²) in [5.74, 6) is -0.141. The summed E-state index contributed by atoms with van der Waals surface area (Å²) >= 11 is 0. The third kappa shape index (κ3) is 3.86. The Balaban J connectivity index is 1.37. The van der Waals surface area contributed by atoms with E-state index in [1.54, 1.807) is 6.20 Å². The Morgan fingerprint density at radius 2 is 2.00 bits per heavy atom. The fourth-order valence-corrected chi connectivity index (χ4v) is 3.18. The molecule has 0 spiro atoms. The van der Waals surface area contributed by atoms with E-state index in [1.807, 2.05) is 64.2 Å². The number of ether oxygens (including phenoxy) is 1. The number of nitrogens with one attached hydrogen (secondary N) is 1. The normalized spacial score (nSPS) is 17.2. The lowest BCUT2D eigenvalue weighted by Crippen LogP contribution is -2.24. The van der Waals surface area contributed by atoms with Crippen LogP contribution in [0.25, 0.3) is 5.69 Å². The second-order valence-corrected chi connectivity index (χ2v) is 6.53. The number of benzene rings is 1. The number of carbonyl (C=O) groups is 1. The summed E-state index contributed by atoms with van der Waals surface area (Å²) in [5, 5.41) is 7.22. The largest absolute Gasteiger partial charge is 0.376 e. The lowest BCUT2D eigenvalue weighted by Gasteiger charge is -2.22. The molecule has 1 fully saturated rings. The molecule has 1 aliphatic rings. The van der Waals surface area contributed by atoms with Crippen LogP contribution in [-0.4, -0.2) is 33.0 Å². The molecule has 1 aliphatic heterocycles. The zero-order valence-electron chi connectivity index (χ0n) is 14.5. The lowest BCUT2D eigenvalue weighted by atomic mass is 10.1. The summed E-state index contributed by atoms with van der Waals surface area (Å²) in [6, 6.07) is 11.4. The number of hydrogen-bond donors (Lipinski definition) is 1. The molecule has 0 aliphatic carbocycles. The van der Waals surface area contributed by atoms with Gasteiger partial charge in [0.15, 0.2) is 0 Å². The van der Waals surface area contributed by atoms with Crippen molar-refractivity contribution in [3.05, 3.63) is 66.7 Å². The van der Waals surface area contributed by atoms with Gasteiger partial charge >= 0.3 is 0 Å². The minimum atomic E-state index is -0.141. The van der Waals surface area contributed by atoms with E-state index in [-0.39, 0.29) is 12.0 Å². The Morgan fingerprint density at radius 1 is 1.19 bits per heavy atom. The molecule has 1 atom stereocenters. The van der Waals surface area contributed by atoms with Gasteiger partial charge in [0.1, 0.15) is 0 Å². The van der Waals surface area contributed by atoms with Crippen LogP contribution in [0.2, 0.25) is 0 Å². The second-order valence-electron chi connectivity index (χ2n) is 6.53. The number of anilines is 1. The van der Waals surface area contributed by atoms with Gasteiger partial charge in [-0.3, -0.25) is 9.48 Å². The summed E-state index contributed by atoms with van der Waals surface area (Å²) < 4.78 is 9.57. The van der Waals surface area contributed by atoms with Crippen molar-refractivity contribution in [2.75, 3.05) is 11.9 Å². The van der Waals surface area contributed by atoms with Crippen LogP contribution >= 0.6 is 0 Å². The van der Waals surface area contributed by atoms with E-state index in [2.05, 4.69) is 10.4 Å². The summed E-state index contributed by atoms with van der Waals surface area (Å²) in [5.41, 5.74) is 2.33. The van der Waals surface area contributed by atoms with Gasteiger partial charge < -0.3 is 14.6 Å². The van der Waals surface area contributed by atoms with Crippen LogP contribution in [0.3, 0.4) is 0 Å². The van der Waals surface area contributed by atoms with E-state index in [9.17, 15) is 4.79 Å². The molecule has 1 amide bonds. The third-order valence-corrected chi connectivity index (χ3v) is 4.59. The van der Waals surface area contributed by atoms with Crippen LogP contribution in [-0.2, 0) is 11.3 Å². The topological polar surface area (TPSA) is 61.1 Å². The second kappa shape index (κ2) is 7.58. The van der Waals surface area contributed by atoms with Crippen LogP contribution in [0, 0.1) is 0 Å². The van der Waals surface area contributed by atoms with Crippen molar-refractivity contribution in [2.24, 2.45) is 0 Å². The molecule has 3 heterocycles. The van der Waals surface area contributed by atoms with Crippen molar-refractivity contribution in [3.8, 4) is 5.69 Å². The molecule has 1 saturated heterocycles. The van der Waals surface area contributed by atoms with Crippen molar-refractivity contribution in [3.63, 3.8) is 0 Å². The first-order valence-corrected chi connectivity index (χ1v) is 8.97. The van der Waals surface area contributed by atoms with Crippen molar-refractivity contribution in [1.82, 2.24) is 14.3 Å². The van der Waals surface area contributed by atoms with E-state index in [0.29, 0.717) is 11.3 Å². The zero-order valence-corrected chi connectivity index (χ0v) is 14.5. The van der Waals surface area contributed by atoms with Crippen LogP contribution < -0.4 is 5.32 Å². The maximum absolute atomic E-state index is 12.4. The Morgan fingerprint density at radius 3 is 2.73 bits per heavy atom. The van der Waals surface area contributed by atoms with Crippen molar-refractivity contribution < 1.29 is 9.53 Å². The molecule has 0 radical (unpaired) electrons. The predicted molar refractivity (Wildman–Crippen MR) is 99.5 cm³/mol. The number of hydrogen-bond acceptors (Lipinski definition) is 3. The minimum absolute atomic E-state index is 0.141. The first kappa shape index (κ1) is 16.6. The van der Waals surface area contributed by atoms with Crippen molar-refractivity contribution >= 4 is 11.6 Å². The van der Waals surface area contributed by atoms with Gasteiger partial charge in [0.25, 0.3) is 5.91 Å². The summed E-state index contributed by atoms with van der Waals surface area (Å²) in [4.78, 5) is 12.4. The molecule has 4 rings (SSSR count). The number of carbonyl (C=O) groups excluding carboxylic acids is 1. The molecule has 0 saturated carbocycles. The zero-order chi connectivity index (χ0) is 17.8. The highest BCUT2D eigenvalue weighted by molar-refractivity contribution is 6.04. The Labute approximate surface area is 152 Å². The van der Waals surface area contributed by atoms with Crippen LogP contribution in [0.1, 0.15) is 29.6 Å². The molecule has 134 valence electrons. The van der Waals surface area contributed by atoms with Gasteiger partial charge in [-0.05, 0) is 55.7 Å². The summed E-state index contributed by atoms with van der Waals surface area (Å²) in [7, 11) is 0. The van der Waals surface area contributed by atoms with Gasteiger partial charge in [0.05, 0.1) is 24.5 Å². The Kier molecular flexibility index (Phi) is 4.84. The van der Waals surface area contributed by atoms with Gasteiger partial charge in [-0.15, -0.1) is 0 Å². The Hall–Kier alpha value is -2.86. The first-order valence-electron chi connectivity index (χ1n) is 8.97. The lowest BCUT2D eigenvalue weighted by molar-refractivity contribution is 0.00401. The van der Waals surface area contributed by atoms with Crippen LogP contribution in [0.5, 0.6) is 0 Å². The molecule has 1 unspecified atom stereocenters. The average Bonchev–Trinajstić information content (AvgIpc) is 3.35. The average molecular weight is 350 g/mol. The number of rotatable bonds is 5. The predicted octanol–water partition coefficient (Wildman–Crippen LogP) is 3.50. The van der Waals surface area contributed by atoms with Crippen LogP contribution in [0.15, 0.2) is 61.2 Å². The van der Waals surface area contributed by atoms with E-state index in [1.165, 1.54) is 6.42 Å². The molecular formula is C20H22N4O2. The Bertz CT molecular complexity index is 846. The van der Waals surface area contributed by atoms with Gasteiger partial charge in [0.2, 0.25) is 0 Å². The standard InChI is InChI=1S/C20H22N4O2/c25-20(16-6-8-18(9-7-16)23-10-2-3-11-23)22-17-13-21-24(14-17)15-19-5-1-4-12-26-19/h2-3,6-11,13-14,19H,1,4-5,12,15H2,(H,22,25). The molecule has 6 heteroatoms. The number of aromatic nitrogens is 3. The number of nitrogens with zero attached hydrogens (tertiary/aromatic N) is 3. The van der Waals surface area contributed by atoms with Crippen molar-refractivity contribution in [2.45, 2.75) is 31.9 Å². The van der Waals surface area contributed by atoms with E-state index < -0.39 is 0 Å². The summed E-state index contributed by atoms with van der Waals surface area (Å²) in [6.07, 6.45) is 11.1. The van der Waals surface area contributed by atoms with Gasteiger partial charge in [-0.25, -0.2) is 0 Å². The molecule has 1 N–H and O–H groups in total. The molecule has 26 heavy (non-hydrogen) atoms. The van der Waals surface area contributed by atoms with E-state index >= 15 is 0 Å². The minimum Gasteiger partial charge on any atom is -0.376 e. The third-order valence-electron chi connectivity index (χ3n) is 4.59.